The molecule has 26 heavy (non-hydrogen) atoms. The van der Waals surface area contributed by atoms with E-state index < -0.39 is 0 Å². The molecule has 1 fully saturated rings. The molecule has 134 valence electrons. The topological polar surface area (TPSA) is 75.0 Å². The number of nitriles is 1. The number of hydrogen-bond donors (Lipinski definition) is 1. The molecule has 0 unspecified atom stereocenters. The van der Waals surface area contributed by atoms with E-state index in [0.717, 1.165) is 31.2 Å². The Morgan fingerprint density at radius 1 is 1.19 bits per heavy atom. The largest absolute Gasteiger partial charge is 0.474 e. The molecule has 1 N–H and O–H groups in total. The van der Waals surface area contributed by atoms with Crippen LogP contribution in [0.2, 0.25) is 0 Å². The maximum Gasteiger partial charge on any atom is 0.224 e. The van der Waals surface area contributed by atoms with Gasteiger partial charge in [0.2, 0.25) is 11.8 Å². The summed E-state index contributed by atoms with van der Waals surface area (Å²) in [7, 11) is 0. The lowest BCUT2D eigenvalue weighted by Gasteiger charge is -2.29. The van der Waals surface area contributed by atoms with Gasteiger partial charge < -0.3 is 10.1 Å². The van der Waals surface area contributed by atoms with Gasteiger partial charge in [-0.2, -0.15) is 5.26 Å². The number of ether oxygens (including phenoxy) is 1. The highest BCUT2D eigenvalue weighted by Gasteiger charge is 2.24. The molecule has 0 spiro atoms. The van der Waals surface area contributed by atoms with Crippen LogP contribution in [0.3, 0.4) is 0 Å². The summed E-state index contributed by atoms with van der Waals surface area (Å²) in [6.45, 7) is 0. The summed E-state index contributed by atoms with van der Waals surface area (Å²) < 4.78 is 18.7. The van der Waals surface area contributed by atoms with Crippen LogP contribution in [0.25, 0.3) is 0 Å². The molecule has 0 aliphatic heterocycles. The molecular weight excluding hydrogens is 333 g/mol. The first-order valence-electron chi connectivity index (χ1n) is 8.69. The van der Waals surface area contributed by atoms with Gasteiger partial charge in [-0.1, -0.05) is 12.1 Å². The Bertz CT molecular complexity index is 776. The molecule has 1 aliphatic rings. The number of benzene rings is 1. The van der Waals surface area contributed by atoms with Crippen molar-refractivity contribution in [3.05, 3.63) is 59.5 Å². The third-order valence-corrected chi connectivity index (χ3v) is 4.47. The van der Waals surface area contributed by atoms with Crippen LogP contribution in [-0.4, -0.2) is 23.0 Å². The van der Waals surface area contributed by atoms with Gasteiger partial charge in [-0.25, -0.2) is 9.37 Å². The van der Waals surface area contributed by atoms with Gasteiger partial charge in [0.1, 0.15) is 18.0 Å². The van der Waals surface area contributed by atoms with E-state index in [1.54, 1.807) is 24.3 Å². The quantitative estimate of drug-likeness (QED) is 0.896. The highest BCUT2D eigenvalue weighted by Crippen LogP contribution is 2.23. The van der Waals surface area contributed by atoms with E-state index in [9.17, 15) is 9.18 Å². The van der Waals surface area contributed by atoms with Gasteiger partial charge >= 0.3 is 0 Å². The maximum absolute atomic E-state index is 12.9. The van der Waals surface area contributed by atoms with Gasteiger partial charge in [0.15, 0.2) is 0 Å². The molecule has 0 bridgehead atoms. The van der Waals surface area contributed by atoms with Crippen molar-refractivity contribution >= 4 is 5.91 Å². The molecule has 1 heterocycles. The lowest BCUT2D eigenvalue weighted by atomic mass is 9.92. The van der Waals surface area contributed by atoms with Crippen LogP contribution >= 0.6 is 0 Å². The Kier molecular flexibility index (Phi) is 5.80. The molecule has 6 heteroatoms. The first kappa shape index (κ1) is 17.9. The first-order valence-corrected chi connectivity index (χ1v) is 8.69. The van der Waals surface area contributed by atoms with Crippen LogP contribution in [0.4, 0.5) is 4.39 Å². The van der Waals surface area contributed by atoms with E-state index in [1.165, 1.54) is 18.3 Å². The first-order chi connectivity index (χ1) is 12.6. The molecule has 1 amide bonds. The summed E-state index contributed by atoms with van der Waals surface area (Å²) >= 11 is 0. The van der Waals surface area contributed by atoms with Crippen LogP contribution in [-0.2, 0) is 11.2 Å². The second-order valence-electron chi connectivity index (χ2n) is 6.46. The standard InChI is InChI=1S/C20H20FN3O2/c21-16-4-1-14(2-5-16)11-19(25)24-17-6-8-18(9-7-17)26-20-10-3-15(12-22)13-23-20/h1-5,10,13,17-18H,6-9,11H2,(H,24,25). The fourth-order valence-corrected chi connectivity index (χ4v) is 3.08. The van der Waals surface area contributed by atoms with E-state index >= 15 is 0 Å². The third kappa shape index (κ3) is 5.03. The number of amides is 1. The third-order valence-electron chi connectivity index (χ3n) is 4.47. The second kappa shape index (κ2) is 8.43. The number of carbonyl (C=O) groups is 1. The summed E-state index contributed by atoms with van der Waals surface area (Å²) in [5, 5.41) is 11.8. The number of aromatic nitrogens is 1. The SMILES string of the molecule is N#Cc1ccc(OC2CCC(NC(=O)Cc3ccc(F)cc3)CC2)nc1. The minimum atomic E-state index is -0.302. The van der Waals surface area contributed by atoms with Crippen molar-refractivity contribution < 1.29 is 13.9 Å². The molecule has 1 aromatic carbocycles. The normalized spacial score (nSPS) is 19.4. The van der Waals surface area contributed by atoms with Crippen molar-refractivity contribution in [2.75, 3.05) is 0 Å². The van der Waals surface area contributed by atoms with Crippen molar-refractivity contribution in [1.29, 1.82) is 5.26 Å². The summed E-state index contributed by atoms with van der Waals surface area (Å²) in [5.74, 6) is 0.173. The van der Waals surface area contributed by atoms with Crippen LogP contribution < -0.4 is 10.1 Å². The van der Waals surface area contributed by atoms with E-state index in [-0.39, 0.29) is 30.3 Å². The van der Waals surface area contributed by atoms with Gasteiger partial charge in [-0.3, -0.25) is 4.79 Å². The Hall–Kier alpha value is -2.94. The number of pyridine rings is 1. The Morgan fingerprint density at radius 2 is 1.92 bits per heavy atom. The average molecular weight is 353 g/mol. The van der Waals surface area contributed by atoms with Crippen molar-refractivity contribution in [2.45, 2.75) is 44.2 Å². The number of nitrogens with zero attached hydrogens (tertiary/aromatic N) is 2. The monoisotopic (exact) mass is 353 g/mol. The van der Waals surface area contributed by atoms with Gasteiger partial charge in [-0.05, 0) is 49.4 Å². The number of hydrogen-bond acceptors (Lipinski definition) is 4. The predicted molar refractivity (Wildman–Crippen MR) is 93.9 cm³/mol. The summed E-state index contributed by atoms with van der Waals surface area (Å²) in [6.07, 6.45) is 5.18. The van der Waals surface area contributed by atoms with Crippen molar-refractivity contribution in [3.63, 3.8) is 0 Å². The Morgan fingerprint density at radius 3 is 2.54 bits per heavy atom. The summed E-state index contributed by atoms with van der Waals surface area (Å²) in [6, 6.07) is 11.5. The van der Waals surface area contributed by atoms with Gasteiger partial charge in [0.05, 0.1) is 12.0 Å². The van der Waals surface area contributed by atoms with Crippen LogP contribution in [0, 0.1) is 17.1 Å². The van der Waals surface area contributed by atoms with E-state index in [4.69, 9.17) is 10.00 Å². The molecule has 0 radical (unpaired) electrons. The van der Waals surface area contributed by atoms with Gasteiger partial charge in [0.25, 0.3) is 0 Å². The zero-order chi connectivity index (χ0) is 18.4. The number of carbonyl (C=O) groups excluding carboxylic acids is 1. The van der Waals surface area contributed by atoms with E-state index in [2.05, 4.69) is 10.3 Å². The lowest BCUT2D eigenvalue weighted by molar-refractivity contribution is -0.121. The molecule has 1 saturated carbocycles. The minimum Gasteiger partial charge on any atom is -0.474 e. The minimum absolute atomic E-state index is 0.0465. The van der Waals surface area contributed by atoms with Crippen molar-refractivity contribution in [3.8, 4) is 11.9 Å². The zero-order valence-electron chi connectivity index (χ0n) is 14.3. The fourth-order valence-electron chi connectivity index (χ4n) is 3.08. The smallest absolute Gasteiger partial charge is 0.224 e. The van der Waals surface area contributed by atoms with E-state index in [0.29, 0.717) is 11.4 Å². The van der Waals surface area contributed by atoms with Gasteiger partial charge in [0, 0.05) is 18.3 Å². The highest BCUT2D eigenvalue weighted by atomic mass is 19.1. The lowest BCUT2D eigenvalue weighted by Crippen LogP contribution is -2.40. The maximum atomic E-state index is 12.9. The molecule has 5 nitrogen and oxygen atoms in total. The molecule has 1 aliphatic carbocycles. The molecule has 3 rings (SSSR count). The molecular formula is C20H20FN3O2. The molecule has 2 aromatic rings. The number of rotatable bonds is 5. The Balaban J connectivity index is 1.42. The molecule has 1 aromatic heterocycles. The number of nitrogens with one attached hydrogen (secondary N) is 1. The van der Waals surface area contributed by atoms with Crippen molar-refractivity contribution in [2.24, 2.45) is 0 Å². The second-order valence-corrected chi connectivity index (χ2v) is 6.46. The Labute approximate surface area is 151 Å². The van der Waals surface area contributed by atoms with Crippen LogP contribution in [0.15, 0.2) is 42.6 Å². The van der Waals surface area contributed by atoms with Crippen molar-refractivity contribution in [1.82, 2.24) is 10.3 Å². The zero-order valence-corrected chi connectivity index (χ0v) is 14.3. The molecule has 0 atom stereocenters. The van der Waals surface area contributed by atoms with Crippen LogP contribution in [0.1, 0.15) is 36.8 Å². The average Bonchev–Trinajstić information content (AvgIpc) is 2.66. The summed E-state index contributed by atoms with van der Waals surface area (Å²) in [4.78, 5) is 16.2. The summed E-state index contributed by atoms with van der Waals surface area (Å²) in [5.41, 5.74) is 1.30. The fraction of sp³-hybridized carbons (Fsp3) is 0.350. The van der Waals surface area contributed by atoms with E-state index in [1.807, 2.05) is 6.07 Å². The predicted octanol–water partition coefficient (Wildman–Crippen LogP) is 3.14. The van der Waals surface area contributed by atoms with Crippen LogP contribution in [0.5, 0.6) is 5.88 Å². The highest BCUT2D eigenvalue weighted by molar-refractivity contribution is 5.78. The molecule has 0 saturated heterocycles. The van der Waals surface area contributed by atoms with Gasteiger partial charge in [-0.15, -0.1) is 0 Å². The number of halogens is 1.